The van der Waals surface area contributed by atoms with Crippen LogP contribution in [-0.4, -0.2) is 12.1 Å². The second kappa shape index (κ2) is 14.7. The molecule has 2 nitrogen and oxygen atoms in total. The molecule has 0 bridgehead atoms. The molecule has 0 aromatic heterocycles. The van der Waals surface area contributed by atoms with Gasteiger partial charge in [0.2, 0.25) is 0 Å². The van der Waals surface area contributed by atoms with Crippen molar-refractivity contribution >= 4 is 5.97 Å². The third-order valence-corrected chi connectivity index (χ3v) is 3.78. The lowest BCUT2D eigenvalue weighted by Gasteiger charge is -2.05. The normalized spacial score (nSPS) is 19.0. The Labute approximate surface area is 147 Å². The van der Waals surface area contributed by atoms with Crippen LogP contribution in [0.15, 0.2) is 60.8 Å². The standard InChI is InChI=1S/C22H32O2/c1-2-3-4-5-6-7-8-9-10-11-12-13-14-15-16-17-18-21-19-20-22(23)24-21/h3-4,6-7,9-10,12-13,15-16,21H,2,5,8,11,14,17-20H2,1H3/b4-3-,7-6-,10-9-,13-12-,16-15-. The van der Waals surface area contributed by atoms with Gasteiger partial charge in [0, 0.05) is 6.42 Å². The van der Waals surface area contributed by atoms with Crippen molar-refractivity contribution in [3.63, 3.8) is 0 Å². The van der Waals surface area contributed by atoms with Crippen molar-refractivity contribution in [2.45, 2.75) is 70.8 Å². The molecule has 0 radical (unpaired) electrons. The highest BCUT2D eigenvalue weighted by Gasteiger charge is 2.21. The summed E-state index contributed by atoms with van der Waals surface area (Å²) < 4.78 is 5.18. The highest BCUT2D eigenvalue weighted by atomic mass is 16.5. The molecule has 0 amide bonds. The third-order valence-electron chi connectivity index (χ3n) is 3.78. The highest BCUT2D eigenvalue weighted by molar-refractivity contribution is 5.71. The largest absolute Gasteiger partial charge is 0.462 e. The minimum atomic E-state index is -0.0382. The smallest absolute Gasteiger partial charge is 0.306 e. The average Bonchev–Trinajstić information content (AvgIpc) is 3.00. The molecule has 1 rings (SSSR count). The molecule has 0 saturated carbocycles. The van der Waals surface area contributed by atoms with Crippen molar-refractivity contribution in [1.82, 2.24) is 0 Å². The topological polar surface area (TPSA) is 26.3 Å². The Kier molecular flexibility index (Phi) is 12.4. The first-order valence-corrected chi connectivity index (χ1v) is 9.27. The van der Waals surface area contributed by atoms with Gasteiger partial charge in [-0.15, -0.1) is 0 Å². The predicted molar refractivity (Wildman–Crippen MR) is 103 cm³/mol. The molecule has 0 aromatic rings. The number of carbonyl (C=O) groups excluding carboxylic acids is 1. The number of hydrogen-bond acceptors (Lipinski definition) is 2. The summed E-state index contributed by atoms with van der Waals surface area (Å²) in [5.74, 6) is -0.0382. The number of esters is 1. The predicted octanol–water partition coefficient (Wildman–Crippen LogP) is 6.22. The van der Waals surface area contributed by atoms with E-state index in [0.717, 1.165) is 51.4 Å². The van der Waals surface area contributed by atoms with Gasteiger partial charge >= 0.3 is 5.97 Å². The Morgan fingerprint density at radius 3 is 1.79 bits per heavy atom. The molecule has 1 fully saturated rings. The van der Waals surface area contributed by atoms with Crippen molar-refractivity contribution in [1.29, 1.82) is 0 Å². The van der Waals surface area contributed by atoms with Crippen molar-refractivity contribution < 1.29 is 9.53 Å². The molecular formula is C22H32O2. The van der Waals surface area contributed by atoms with Crippen LogP contribution in [0.4, 0.5) is 0 Å². The van der Waals surface area contributed by atoms with E-state index in [-0.39, 0.29) is 12.1 Å². The maximum Gasteiger partial charge on any atom is 0.306 e. The maximum atomic E-state index is 11.0. The van der Waals surface area contributed by atoms with Gasteiger partial charge in [0.25, 0.3) is 0 Å². The molecule has 0 aromatic carbocycles. The average molecular weight is 328 g/mol. The fourth-order valence-electron chi connectivity index (χ4n) is 2.44. The van der Waals surface area contributed by atoms with Crippen LogP contribution >= 0.6 is 0 Å². The summed E-state index contributed by atoms with van der Waals surface area (Å²) in [6, 6.07) is 0. The summed E-state index contributed by atoms with van der Waals surface area (Å²) in [6.07, 6.45) is 30.7. The maximum absolute atomic E-state index is 11.0. The third kappa shape index (κ3) is 11.7. The highest BCUT2D eigenvalue weighted by Crippen LogP contribution is 2.18. The molecule has 0 N–H and O–H groups in total. The Morgan fingerprint density at radius 1 is 0.833 bits per heavy atom. The first-order chi connectivity index (χ1) is 11.8. The van der Waals surface area contributed by atoms with Gasteiger partial charge in [0.1, 0.15) is 6.10 Å². The number of carbonyl (C=O) groups is 1. The lowest BCUT2D eigenvalue weighted by molar-refractivity contribution is -0.141. The minimum Gasteiger partial charge on any atom is -0.462 e. The number of cyclic esters (lactones) is 1. The van der Waals surface area contributed by atoms with E-state index in [0.29, 0.717) is 6.42 Å². The summed E-state index contributed by atoms with van der Waals surface area (Å²) >= 11 is 0. The number of hydrogen-bond donors (Lipinski definition) is 0. The molecule has 0 aliphatic carbocycles. The first-order valence-electron chi connectivity index (χ1n) is 9.27. The van der Waals surface area contributed by atoms with Crippen LogP contribution < -0.4 is 0 Å². The van der Waals surface area contributed by atoms with Crippen LogP contribution in [0.2, 0.25) is 0 Å². The van der Waals surface area contributed by atoms with Crippen molar-refractivity contribution in [2.24, 2.45) is 0 Å². The lowest BCUT2D eigenvalue weighted by Crippen LogP contribution is -2.05. The van der Waals surface area contributed by atoms with E-state index in [1.54, 1.807) is 0 Å². The van der Waals surface area contributed by atoms with E-state index >= 15 is 0 Å². The molecule has 0 spiro atoms. The lowest BCUT2D eigenvalue weighted by atomic mass is 10.1. The fourth-order valence-corrected chi connectivity index (χ4v) is 2.44. The number of allylic oxidation sites excluding steroid dienone is 10. The van der Waals surface area contributed by atoms with Gasteiger partial charge in [0.15, 0.2) is 0 Å². The van der Waals surface area contributed by atoms with Gasteiger partial charge < -0.3 is 4.74 Å². The molecular weight excluding hydrogens is 296 g/mol. The number of rotatable bonds is 12. The van der Waals surface area contributed by atoms with Crippen LogP contribution in [0.25, 0.3) is 0 Å². The molecule has 1 atom stereocenters. The van der Waals surface area contributed by atoms with E-state index in [2.05, 4.69) is 67.7 Å². The van der Waals surface area contributed by atoms with Gasteiger partial charge in [-0.1, -0.05) is 67.7 Å². The molecule has 1 saturated heterocycles. The zero-order valence-corrected chi connectivity index (χ0v) is 15.0. The van der Waals surface area contributed by atoms with Gasteiger partial charge in [-0.05, 0) is 51.4 Å². The Bertz CT molecular complexity index is 466. The van der Waals surface area contributed by atoms with Crippen LogP contribution in [0.5, 0.6) is 0 Å². The molecule has 1 aliphatic rings. The SMILES string of the molecule is CC/C=C\C/C=C\C/C=C\C/C=C\C/C=C\CCC1CCC(=O)O1. The zero-order valence-electron chi connectivity index (χ0n) is 15.0. The minimum absolute atomic E-state index is 0.0382. The van der Waals surface area contributed by atoms with E-state index in [1.807, 2.05) is 0 Å². The Morgan fingerprint density at radius 2 is 1.33 bits per heavy atom. The van der Waals surface area contributed by atoms with Crippen LogP contribution in [0, 0.1) is 0 Å². The van der Waals surface area contributed by atoms with Crippen molar-refractivity contribution in [3.05, 3.63) is 60.8 Å². The van der Waals surface area contributed by atoms with E-state index in [1.165, 1.54) is 0 Å². The van der Waals surface area contributed by atoms with Gasteiger partial charge in [-0.25, -0.2) is 0 Å². The van der Waals surface area contributed by atoms with Gasteiger partial charge in [0.05, 0.1) is 0 Å². The summed E-state index contributed by atoms with van der Waals surface area (Å²) in [4.78, 5) is 11.0. The second-order valence-electron chi connectivity index (χ2n) is 5.94. The summed E-state index contributed by atoms with van der Waals surface area (Å²) in [6.45, 7) is 2.15. The summed E-state index contributed by atoms with van der Waals surface area (Å²) in [5.41, 5.74) is 0. The molecule has 1 unspecified atom stereocenters. The molecule has 1 heterocycles. The zero-order chi connectivity index (χ0) is 17.3. The van der Waals surface area contributed by atoms with Crippen LogP contribution in [-0.2, 0) is 9.53 Å². The van der Waals surface area contributed by atoms with Gasteiger partial charge in [-0.3, -0.25) is 4.79 Å². The van der Waals surface area contributed by atoms with E-state index in [9.17, 15) is 4.79 Å². The summed E-state index contributed by atoms with van der Waals surface area (Å²) in [7, 11) is 0. The second-order valence-corrected chi connectivity index (χ2v) is 5.94. The fraction of sp³-hybridized carbons (Fsp3) is 0.500. The van der Waals surface area contributed by atoms with Crippen molar-refractivity contribution in [2.75, 3.05) is 0 Å². The van der Waals surface area contributed by atoms with E-state index in [4.69, 9.17) is 4.74 Å². The molecule has 132 valence electrons. The quantitative estimate of drug-likeness (QED) is 0.314. The Balaban J connectivity index is 1.93. The van der Waals surface area contributed by atoms with Crippen LogP contribution in [0.3, 0.4) is 0 Å². The monoisotopic (exact) mass is 328 g/mol. The number of ether oxygens (including phenoxy) is 1. The van der Waals surface area contributed by atoms with E-state index < -0.39 is 0 Å². The van der Waals surface area contributed by atoms with Gasteiger partial charge in [-0.2, -0.15) is 0 Å². The first kappa shape index (κ1) is 20.2. The van der Waals surface area contributed by atoms with Crippen molar-refractivity contribution in [3.8, 4) is 0 Å². The Hall–Kier alpha value is -1.83. The van der Waals surface area contributed by atoms with Crippen LogP contribution in [0.1, 0.15) is 64.7 Å². The molecule has 1 aliphatic heterocycles. The summed E-state index contributed by atoms with van der Waals surface area (Å²) in [5, 5.41) is 0. The molecule has 24 heavy (non-hydrogen) atoms. The molecule has 2 heteroatoms.